The number of hydrogen-bond donors (Lipinski definition) is 1. The molecule has 0 spiro atoms. The molecule has 0 aliphatic carbocycles. The maximum Gasteiger partial charge on any atom is 0.241 e. The van der Waals surface area contributed by atoms with Gasteiger partial charge in [-0.25, -0.2) is 0 Å². The second-order valence-electron chi connectivity index (χ2n) is 7.44. The third-order valence-corrected chi connectivity index (χ3v) is 5.10. The van der Waals surface area contributed by atoms with Gasteiger partial charge in [-0.1, -0.05) is 25.1 Å². The van der Waals surface area contributed by atoms with E-state index in [0.29, 0.717) is 0 Å². The van der Waals surface area contributed by atoms with Crippen LogP contribution in [0.2, 0.25) is 0 Å². The summed E-state index contributed by atoms with van der Waals surface area (Å²) in [6.07, 6.45) is 2.15. The highest BCUT2D eigenvalue weighted by Gasteiger charge is 2.25. The number of nitrogens with zero attached hydrogens (tertiary/aromatic N) is 4. The van der Waals surface area contributed by atoms with Crippen molar-refractivity contribution in [2.24, 2.45) is 0 Å². The zero-order valence-corrected chi connectivity index (χ0v) is 16.7. The van der Waals surface area contributed by atoms with Gasteiger partial charge < -0.3 is 10.2 Å². The number of rotatable bonds is 7. The molecule has 0 saturated carbocycles. The van der Waals surface area contributed by atoms with E-state index in [2.05, 4.69) is 39.8 Å². The fourth-order valence-corrected chi connectivity index (χ4v) is 3.63. The monoisotopic (exact) mass is 369 g/mol. The smallest absolute Gasteiger partial charge is 0.241 e. The predicted molar refractivity (Wildman–Crippen MR) is 108 cm³/mol. The maximum absolute atomic E-state index is 12.7. The van der Waals surface area contributed by atoms with Gasteiger partial charge in [-0.05, 0) is 51.6 Å². The molecule has 3 rings (SSSR count). The van der Waals surface area contributed by atoms with E-state index < -0.39 is 0 Å². The number of carbonyl (C=O) groups is 1. The first kappa shape index (κ1) is 19.6. The molecule has 1 amide bonds. The number of anilines is 1. The van der Waals surface area contributed by atoms with Gasteiger partial charge in [0.2, 0.25) is 5.91 Å². The van der Waals surface area contributed by atoms with Gasteiger partial charge in [-0.3, -0.25) is 14.4 Å². The van der Waals surface area contributed by atoms with E-state index in [1.807, 2.05) is 37.3 Å². The van der Waals surface area contributed by atoms with Gasteiger partial charge in [0.25, 0.3) is 0 Å². The molecular weight excluding hydrogens is 338 g/mol. The number of nitrogens with one attached hydrogen (secondary N) is 1. The van der Waals surface area contributed by atoms with Crippen molar-refractivity contribution < 1.29 is 4.79 Å². The SMILES string of the molecule is CCCN(C)Cc1cc2n(n1)CCCN(C(C)C(=O)Nc1ccccc1)C2. The van der Waals surface area contributed by atoms with Crippen LogP contribution in [-0.4, -0.2) is 51.7 Å². The zero-order chi connectivity index (χ0) is 19.2. The number of fused-ring (bicyclic) bond motifs is 1. The van der Waals surface area contributed by atoms with E-state index in [1.165, 1.54) is 5.69 Å². The van der Waals surface area contributed by atoms with Crippen LogP contribution < -0.4 is 5.32 Å². The molecule has 1 N–H and O–H groups in total. The third-order valence-electron chi connectivity index (χ3n) is 5.10. The van der Waals surface area contributed by atoms with Crippen molar-refractivity contribution in [1.82, 2.24) is 19.6 Å². The van der Waals surface area contributed by atoms with Crippen molar-refractivity contribution in [1.29, 1.82) is 0 Å². The standard InChI is InChI=1S/C21H31N5O/c1-4-11-24(3)15-19-14-20-16-25(12-8-13-26(20)23-19)17(2)21(27)22-18-9-6-5-7-10-18/h5-7,9-10,14,17H,4,8,11-13,15-16H2,1-3H3,(H,22,27). The molecule has 1 aliphatic rings. The quantitative estimate of drug-likeness (QED) is 0.815. The van der Waals surface area contributed by atoms with Gasteiger partial charge in [0.1, 0.15) is 0 Å². The molecule has 1 aromatic carbocycles. The molecule has 146 valence electrons. The summed E-state index contributed by atoms with van der Waals surface area (Å²) >= 11 is 0. The van der Waals surface area contributed by atoms with Crippen LogP contribution in [0.25, 0.3) is 0 Å². The third kappa shape index (κ3) is 5.17. The molecule has 6 heteroatoms. The zero-order valence-electron chi connectivity index (χ0n) is 16.7. The van der Waals surface area contributed by atoms with Gasteiger partial charge in [-0.2, -0.15) is 5.10 Å². The molecule has 2 aromatic rings. The Morgan fingerprint density at radius 1 is 1.30 bits per heavy atom. The van der Waals surface area contributed by atoms with Crippen molar-refractivity contribution in [3.05, 3.63) is 47.8 Å². The van der Waals surface area contributed by atoms with Crippen LogP contribution in [0, 0.1) is 0 Å². The lowest BCUT2D eigenvalue weighted by Gasteiger charge is -2.26. The van der Waals surface area contributed by atoms with E-state index in [9.17, 15) is 4.79 Å². The summed E-state index contributed by atoms with van der Waals surface area (Å²) in [5.74, 6) is 0.0390. The van der Waals surface area contributed by atoms with E-state index in [4.69, 9.17) is 5.10 Å². The number of para-hydroxylation sites is 1. The Bertz CT molecular complexity index is 742. The number of hydrogen-bond acceptors (Lipinski definition) is 4. The summed E-state index contributed by atoms with van der Waals surface area (Å²) in [6, 6.07) is 11.7. The lowest BCUT2D eigenvalue weighted by molar-refractivity contribution is -0.121. The number of aromatic nitrogens is 2. The van der Waals surface area contributed by atoms with E-state index in [-0.39, 0.29) is 11.9 Å². The van der Waals surface area contributed by atoms with Gasteiger partial charge in [0, 0.05) is 31.9 Å². The molecule has 6 nitrogen and oxygen atoms in total. The highest BCUT2D eigenvalue weighted by Crippen LogP contribution is 2.18. The van der Waals surface area contributed by atoms with Gasteiger partial charge in [0.15, 0.2) is 0 Å². The molecule has 2 heterocycles. The van der Waals surface area contributed by atoms with Crippen LogP contribution in [0.15, 0.2) is 36.4 Å². The van der Waals surface area contributed by atoms with Crippen molar-refractivity contribution >= 4 is 11.6 Å². The summed E-state index contributed by atoms with van der Waals surface area (Å²) in [7, 11) is 2.14. The molecule has 1 aromatic heterocycles. The van der Waals surface area contributed by atoms with E-state index >= 15 is 0 Å². The van der Waals surface area contributed by atoms with Crippen LogP contribution in [-0.2, 0) is 24.4 Å². The minimum Gasteiger partial charge on any atom is -0.325 e. The Morgan fingerprint density at radius 3 is 2.81 bits per heavy atom. The Labute approximate surface area is 162 Å². The molecule has 1 unspecified atom stereocenters. The summed E-state index contributed by atoms with van der Waals surface area (Å²) in [5, 5.41) is 7.81. The van der Waals surface area contributed by atoms with Crippen molar-refractivity contribution in [2.75, 3.05) is 25.5 Å². The molecular formula is C21H31N5O. The second-order valence-corrected chi connectivity index (χ2v) is 7.44. The van der Waals surface area contributed by atoms with Crippen molar-refractivity contribution in [3.63, 3.8) is 0 Å². The molecule has 1 atom stereocenters. The molecule has 0 saturated heterocycles. The number of aryl methyl sites for hydroxylation is 1. The Morgan fingerprint density at radius 2 is 2.07 bits per heavy atom. The number of carbonyl (C=O) groups excluding carboxylic acids is 1. The van der Waals surface area contributed by atoms with E-state index in [1.54, 1.807) is 0 Å². The van der Waals surface area contributed by atoms with Crippen molar-refractivity contribution in [2.45, 2.75) is 52.4 Å². The first-order valence-electron chi connectivity index (χ1n) is 9.91. The predicted octanol–water partition coefficient (Wildman–Crippen LogP) is 2.96. The fourth-order valence-electron chi connectivity index (χ4n) is 3.63. The Hall–Kier alpha value is -2.18. The summed E-state index contributed by atoms with van der Waals surface area (Å²) < 4.78 is 2.12. The van der Waals surface area contributed by atoms with E-state index in [0.717, 1.165) is 56.9 Å². The highest BCUT2D eigenvalue weighted by molar-refractivity contribution is 5.94. The average Bonchev–Trinajstić information content (AvgIpc) is 2.91. The van der Waals surface area contributed by atoms with Crippen LogP contribution in [0.4, 0.5) is 5.69 Å². The summed E-state index contributed by atoms with van der Waals surface area (Å²) in [5.41, 5.74) is 3.16. The van der Waals surface area contributed by atoms with Gasteiger partial charge >= 0.3 is 0 Å². The first-order chi connectivity index (χ1) is 13.1. The highest BCUT2D eigenvalue weighted by atomic mass is 16.2. The van der Waals surface area contributed by atoms with Gasteiger partial charge in [-0.15, -0.1) is 0 Å². The Kier molecular flexibility index (Phi) is 6.63. The molecule has 0 radical (unpaired) electrons. The second kappa shape index (κ2) is 9.15. The molecule has 0 fully saturated rings. The molecule has 27 heavy (non-hydrogen) atoms. The van der Waals surface area contributed by atoms with Crippen LogP contribution in [0.1, 0.15) is 38.1 Å². The maximum atomic E-state index is 12.7. The Balaban J connectivity index is 1.64. The van der Waals surface area contributed by atoms with Crippen LogP contribution in [0.5, 0.6) is 0 Å². The largest absolute Gasteiger partial charge is 0.325 e. The summed E-state index contributed by atoms with van der Waals surface area (Å²) in [6.45, 7) is 8.70. The normalized spacial score (nSPS) is 16.0. The van der Waals surface area contributed by atoms with Crippen molar-refractivity contribution in [3.8, 4) is 0 Å². The molecule has 0 bridgehead atoms. The number of amides is 1. The van der Waals surface area contributed by atoms with Gasteiger partial charge in [0.05, 0.1) is 17.4 Å². The minimum absolute atomic E-state index is 0.0390. The summed E-state index contributed by atoms with van der Waals surface area (Å²) in [4.78, 5) is 17.2. The fraction of sp³-hybridized carbons (Fsp3) is 0.524. The lowest BCUT2D eigenvalue weighted by Crippen LogP contribution is -2.41. The minimum atomic E-state index is -0.183. The number of benzene rings is 1. The topological polar surface area (TPSA) is 53.4 Å². The van der Waals surface area contributed by atoms with Crippen LogP contribution >= 0.6 is 0 Å². The first-order valence-corrected chi connectivity index (χ1v) is 9.91. The van der Waals surface area contributed by atoms with Crippen LogP contribution in [0.3, 0.4) is 0 Å². The lowest BCUT2D eigenvalue weighted by atomic mass is 10.2. The average molecular weight is 370 g/mol. The molecule has 1 aliphatic heterocycles.